The van der Waals surface area contributed by atoms with Crippen molar-refractivity contribution in [2.24, 2.45) is 12.0 Å². The second kappa shape index (κ2) is 8.14. The molecular weight excluding hydrogens is 196 g/mol. The molecule has 0 radical (unpaired) electrons. The Labute approximate surface area is 99.0 Å². The van der Waals surface area contributed by atoms with E-state index in [1.807, 2.05) is 24.0 Å². The average molecular weight is 220 g/mol. The lowest BCUT2D eigenvalue weighted by molar-refractivity contribution is 0.610. The Bertz CT molecular complexity index is 318. The predicted molar refractivity (Wildman–Crippen MR) is 69.2 cm³/mol. The summed E-state index contributed by atoms with van der Waals surface area (Å²) in [7, 11) is 2.03. The van der Waals surface area contributed by atoms with Crippen LogP contribution in [0.15, 0.2) is 29.5 Å². The maximum atomic E-state index is 4.55. The van der Waals surface area contributed by atoms with E-state index in [2.05, 4.69) is 24.0 Å². The minimum Gasteiger partial charge on any atom is -0.357 e. The van der Waals surface area contributed by atoms with Gasteiger partial charge in [0.1, 0.15) is 0 Å². The van der Waals surface area contributed by atoms with Gasteiger partial charge in [-0.15, -0.1) is 0 Å². The van der Waals surface area contributed by atoms with E-state index in [9.17, 15) is 0 Å². The van der Waals surface area contributed by atoms with Crippen molar-refractivity contribution in [3.8, 4) is 0 Å². The standard InChI is InChI=1S/C14H24N2/c1-3-4-5-6-7-8-11-15-14-9-12-16(2)13-10-14/h9-10,12-13H,3-8,11H2,1-2H3. The van der Waals surface area contributed by atoms with Crippen LogP contribution < -0.4 is 5.36 Å². The van der Waals surface area contributed by atoms with Crippen molar-refractivity contribution in [3.05, 3.63) is 29.9 Å². The molecule has 0 atom stereocenters. The van der Waals surface area contributed by atoms with Gasteiger partial charge in [-0.05, 0) is 18.6 Å². The number of aromatic nitrogens is 1. The highest BCUT2D eigenvalue weighted by Crippen LogP contribution is 2.04. The Balaban J connectivity index is 2.14. The zero-order valence-corrected chi connectivity index (χ0v) is 10.7. The maximum absolute atomic E-state index is 4.55. The summed E-state index contributed by atoms with van der Waals surface area (Å²) in [6.07, 6.45) is 12.1. The molecule has 1 aromatic heterocycles. The molecule has 0 aliphatic carbocycles. The van der Waals surface area contributed by atoms with Gasteiger partial charge in [-0.2, -0.15) is 0 Å². The summed E-state index contributed by atoms with van der Waals surface area (Å²) >= 11 is 0. The van der Waals surface area contributed by atoms with E-state index in [1.54, 1.807) is 0 Å². The summed E-state index contributed by atoms with van der Waals surface area (Å²) in [4.78, 5) is 4.55. The van der Waals surface area contributed by atoms with Crippen LogP contribution in [0.4, 0.5) is 0 Å². The largest absolute Gasteiger partial charge is 0.357 e. The number of hydrogen-bond acceptors (Lipinski definition) is 1. The van der Waals surface area contributed by atoms with Gasteiger partial charge in [0.05, 0.1) is 5.36 Å². The minimum atomic E-state index is 0.972. The molecule has 0 fully saturated rings. The van der Waals surface area contributed by atoms with E-state index in [0.717, 1.165) is 11.9 Å². The van der Waals surface area contributed by atoms with E-state index in [-0.39, 0.29) is 0 Å². The van der Waals surface area contributed by atoms with Gasteiger partial charge in [0.25, 0.3) is 0 Å². The first kappa shape index (κ1) is 13.0. The summed E-state index contributed by atoms with van der Waals surface area (Å²) in [5, 5.41) is 1.10. The van der Waals surface area contributed by atoms with E-state index in [4.69, 9.17) is 0 Å². The second-order valence-corrected chi connectivity index (χ2v) is 4.37. The molecule has 0 spiro atoms. The SMILES string of the molecule is CCCCCCCCN=c1ccn(C)cc1. The van der Waals surface area contributed by atoms with Crippen LogP contribution in [0.2, 0.25) is 0 Å². The molecule has 1 rings (SSSR count). The monoisotopic (exact) mass is 220 g/mol. The summed E-state index contributed by atoms with van der Waals surface area (Å²) in [5.41, 5.74) is 0. The molecule has 0 aliphatic rings. The number of hydrogen-bond donors (Lipinski definition) is 0. The fourth-order valence-corrected chi connectivity index (χ4v) is 1.70. The number of rotatable bonds is 7. The zero-order valence-electron chi connectivity index (χ0n) is 10.7. The molecule has 0 aliphatic heterocycles. The molecule has 1 aromatic rings. The molecule has 0 saturated carbocycles. The van der Waals surface area contributed by atoms with Crippen LogP contribution in [0.1, 0.15) is 45.4 Å². The highest BCUT2D eigenvalue weighted by molar-refractivity contribution is 4.92. The molecule has 16 heavy (non-hydrogen) atoms. The zero-order chi connectivity index (χ0) is 11.6. The topological polar surface area (TPSA) is 17.3 Å². The van der Waals surface area contributed by atoms with Crippen molar-refractivity contribution in [1.29, 1.82) is 0 Å². The smallest absolute Gasteiger partial charge is 0.0603 e. The van der Waals surface area contributed by atoms with Crippen molar-refractivity contribution in [2.75, 3.05) is 6.54 Å². The number of unbranched alkanes of at least 4 members (excludes halogenated alkanes) is 5. The quantitative estimate of drug-likeness (QED) is 0.627. The lowest BCUT2D eigenvalue weighted by Crippen LogP contribution is -2.03. The van der Waals surface area contributed by atoms with E-state index in [0.29, 0.717) is 0 Å². The lowest BCUT2D eigenvalue weighted by Gasteiger charge is -1.98. The fraction of sp³-hybridized carbons (Fsp3) is 0.643. The van der Waals surface area contributed by atoms with Crippen LogP contribution in [-0.4, -0.2) is 11.1 Å². The normalized spacial score (nSPS) is 10.4. The van der Waals surface area contributed by atoms with Gasteiger partial charge in [-0.1, -0.05) is 39.0 Å². The molecule has 0 amide bonds. The van der Waals surface area contributed by atoms with Crippen molar-refractivity contribution >= 4 is 0 Å². The molecule has 2 heteroatoms. The molecular formula is C14H24N2. The van der Waals surface area contributed by atoms with Crippen LogP contribution in [-0.2, 0) is 7.05 Å². The first-order valence-corrected chi connectivity index (χ1v) is 6.45. The first-order chi connectivity index (χ1) is 7.83. The van der Waals surface area contributed by atoms with Crippen molar-refractivity contribution in [2.45, 2.75) is 45.4 Å². The summed E-state index contributed by atoms with van der Waals surface area (Å²) in [6.45, 7) is 3.23. The third-order valence-electron chi connectivity index (χ3n) is 2.77. The Morgan fingerprint density at radius 2 is 1.62 bits per heavy atom. The molecule has 0 saturated heterocycles. The van der Waals surface area contributed by atoms with Crippen molar-refractivity contribution in [3.63, 3.8) is 0 Å². The van der Waals surface area contributed by atoms with Crippen LogP contribution >= 0.6 is 0 Å². The Kier molecular flexibility index (Phi) is 6.62. The van der Waals surface area contributed by atoms with Gasteiger partial charge in [0.2, 0.25) is 0 Å². The maximum Gasteiger partial charge on any atom is 0.0603 e. The van der Waals surface area contributed by atoms with E-state index in [1.165, 1.54) is 38.5 Å². The molecule has 90 valence electrons. The van der Waals surface area contributed by atoms with Crippen molar-refractivity contribution in [1.82, 2.24) is 4.57 Å². The molecule has 0 bridgehead atoms. The molecule has 0 N–H and O–H groups in total. The molecule has 1 heterocycles. The number of aryl methyl sites for hydroxylation is 1. The molecule has 2 nitrogen and oxygen atoms in total. The Morgan fingerprint density at radius 3 is 2.31 bits per heavy atom. The summed E-state index contributed by atoms with van der Waals surface area (Å²) < 4.78 is 2.03. The third-order valence-corrected chi connectivity index (χ3v) is 2.77. The van der Waals surface area contributed by atoms with Crippen LogP contribution in [0.3, 0.4) is 0 Å². The van der Waals surface area contributed by atoms with E-state index < -0.39 is 0 Å². The minimum absolute atomic E-state index is 0.972. The van der Waals surface area contributed by atoms with Crippen LogP contribution in [0, 0.1) is 0 Å². The third kappa shape index (κ3) is 5.74. The summed E-state index contributed by atoms with van der Waals surface area (Å²) in [5.74, 6) is 0. The lowest BCUT2D eigenvalue weighted by atomic mass is 10.1. The van der Waals surface area contributed by atoms with Crippen LogP contribution in [0.5, 0.6) is 0 Å². The fourth-order valence-electron chi connectivity index (χ4n) is 1.70. The second-order valence-electron chi connectivity index (χ2n) is 4.37. The van der Waals surface area contributed by atoms with Gasteiger partial charge >= 0.3 is 0 Å². The van der Waals surface area contributed by atoms with Gasteiger partial charge < -0.3 is 4.57 Å². The van der Waals surface area contributed by atoms with Crippen molar-refractivity contribution < 1.29 is 0 Å². The predicted octanol–water partition coefficient (Wildman–Crippen LogP) is 3.29. The van der Waals surface area contributed by atoms with E-state index >= 15 is 0 Å². The Hall–Kier alpha value is -1.05. The molecule has 0 unspecified atom stereocenters. The average Bonchev–Trinajstić information content (AvgIpc) is 2.30. The molecule has 0 aromatic carbocycles. The van der Waals surface area contributed by atoms with Gasteiger partial charge in [-0.3, -0.25) is 4.99 Å². The first-order valence-electron chi connectivity index (χ1n) is 6.45. The summed E-state index contributed by atoms with van der Waals surface area (Å²) in [6, 6.07) is 4.13. The van der Waals surface area contributed by atoms with Gasteiger partial charge in [-0.25, -0.2) is 0 Å². The Morgan fingerprint density at radius 1 is 1.00 bits per heavy atom. The van der Waals surface area contributed by atoms with Gasteiger partial charge in [0.15, 0.2) is 0 Å². The highest BCUT2D eigenvalue weighted by Gasteiger charge is 1.88. The number of nitrogens with zero attached hydrogens (tertiary/aromatic N) is 2. The number of pyridine rings is 1. The van der Waals surface area contributed by atoms with Gasteiger partial charge in [0, 0.05) is 26.0 Å². The van der Waals surface area contributed by atoms with Crippen LogP contribution in [0.25, 0.3) is 0 Å². The highest BCUT2D eigenvalue weighted by atomic mass is 14.9.